The molecule has 1 aromatic heterocycles. The predicted molar refractivity (Wildman–Crippen MR) is 412 cm³/mol. The van der Waals surface area contributed by atoms with Crippen LogP contribution in [0.4, 0.5) is 5.69 Å². The Hall–Kier alpha value is -13.1. The quantitative estimate of drug-likeness (QED) is 0.0153. The van der Waals surface area contributed by atoms with Crippen LogP contribution in [-0.2, 0) is 118 Å². The first-order valence-electron chi connectivity index (χ1n) is 37.5. The van der Waals surface area contributed by atoms with Crippen molar-refractivity contribution in [3.63, 3.8) is 0 Å². The molecule has 640 valence electrons. The second kappa shape index (κ2) is 50.3. The summed E-state index contributed by atoms with van der Waals surface area (Å²) in [7, 11) is 0. The molecule has 3 aromatic carbocycles. The predicted octanol–water partition coefficient (Wildman–Crippen LogP) is -2.42. The lowest BCUT2D eigenvalue weighted by atomic mass is 9.84. The van der Waals surface area contributed by atoms with Crippen LogP contribution in [0.15, 0.2) is 79.0 Å². The summed E-state index contributed by atoms with van der Waals surface area (Å²) in [5, 5.41) is 54.3. The van der Waals surface area contributed by atoms with Crippen LogP contribution in [0.5, 0.6) is 0 Å². The monoisotopic (exact) mass is 1650 g/mol. The largest absolute Gasteiger partial charge is 0.481 e. The molecule has 0 aliphatic carbocycles. The summed E-state index contributed by atoms with van der Waals surface area (Å²) in [5.41, 5.74) is 20.6. The molecule has 4 aromatic rings. The number of aryl methyl sites for hydroxylation is 1. The highest BCUT2D eigenvalue weighted by atomic mass is 16.5. The van der Waals surface area contributed by atoms with Gasteiger partial charge in [-0.2, -0.15) is 19.2 Å². The molecule has 40 heteroatoms. The highest BCUT2D eigenvalue weighted by Crippen LogP contribution is 2.25. The number of carboxylic acid groups (broad SMARTS) is 2. The molecular formula is C78H102N14O26. The van der Waals surface area contributed by atoms with Gasteiger partial charge in [-0.05, 0) is 92.8 Å². The van der Waals surface area contributed by atoms with Crippen molar-refractivity contribution < 1.29 is 126 Å². The maximum atomic E-state index is 14.8. The van der Waals surface area contributed by atoms with Gasteiger partial charge in [0.15, 0.2) is 23.1 Å². The van der Waals surface area contributed by atoms with E-state index in [1.165, 1.54) is 52.0 Å². The standard InChI is InChI=1S/C76H102N14O22.2CO2/c1-38(2)45-23-21-44(22-24-45)14-12-20-63(97)85-55(29-46-34-80-51-18-11-9-15-47(46)51)74(109)87-53(32-62(79)96)59(93)27-41(5)70(105)90-68-43(7)112-76(111)56(31-58(92)48-16-8-10-17-50(48)78)89-72(107)49(39(3)28-66(100)101)30-61(95)57(37-91)86-65(99)35-81-71(106)42(6)83-69(104)40(4)26-60(94)54(33-67(102)103)88-73(108)52(19-13-25-77)84-64(98)36-82-75(68)110;2*2-1-3/h8-11,15-18,21-24,34,38-43,49,52-57,68,80,91H,12-14,19-20,25-33,35-37,77-78H2,1-7H3,(H2,79,96)(H,81,106)(H,82,110)(H,83,104)(H,84,98)(H,85,97)(H,86,99)(H,87,109)(H,88,108)(H,89,107)(H,90,105)(H,100,101)(H,102,103);;/t39-,40+,41-,42+,43-,49+,52+,53-,54+,55+,56+,57-,68+;;/m1../s1. The molecule has 1 fully saturated rings. The average molecular weight is 1650 g/mol. The summed E-state index contributed by atoms with van der Waals surface area (Å²) >= 11 is 0. The van der Waals surface area contributed by atoms with Crippen LogP contribution in [-0.4, -0.2) is 219 Å². The van der Waals surface area contributed by atoms with E-state index >= 15 is 0 Å². The summed E-state index contributed by atoms with van der Waals surface area (Å²) in [6.07, 6.45) is -5.58. The van der Waals surface area contributed by atoms with Gasteiger partial charge in [-0.3, -0.25) is 81.5 Å². The number of carbonyl (C=O) groups is 18. The van der Waals surface area contributed by atoms with Crippen LogP contribution in [0, 0.1) is 23.7 Å². The Morgan fingerprint density at radius 3 is 1.81 bits per heavy atom. The van der Waals surface area contributed by atoms with Crippen LogP contribution < -0.4 is 70.4 Å². The Morgan fingerprint density at radius 2 is 1.21 bits per heavy atom. The number of ketones is 4. The number of ether oxygens (including phenoxy) is 1. The SMILES string of the molecule is CC(C)c1ccc(CCCC(=O)N[C@@H](Cc2c[nH]c3ccccc23)C(=O)N[C@H](CC(N)=O)C(=O)C[C@@H](C)C(=O)N[C@@H]2C(=O)NCC(=O)N[C@@H](CCCN)C(=O)N[C@@H](CC(=O)O)C(=O)C[C@H](C)C(=O)N[C@@H](C)C(=O)NCC(=O)N[C@H](CO)C(=O)C[C@@H]([C@H](C)CC(=O)O)C(=O)N[C@@H](CC(=O)c3ccccc3N)C(=O)O[C@@H]2C)cc1.O=C=O.O=C=O. The number of hydrogen-bond donors (Lipinski definition) is 17. The van der Waals surface area contributed by atoms with E-state index in [9.17, 15) is 102 Å². The van der Waals surface area contributed by atoms with Crippen molar-refractivity contribution in [3.8, 4) is 0 Å². The third-order valence-corrected chi connectivity index (χ3v) is 18.8. The van der Waals surface area contributed by atoms with Crippen LogP contribution in [0.1, 0.15) is 152 Å². The van der Waals surface area contributed by atoms with E-state index in [-0.39, 0.29) is 55.8 Å². The molecule has 1 aliphatic rings. The third-order valence-electron chi connectivity index (χ3n) is 18.8. The van der Waals surface area contributed by atoms with E-state index in [1.54, 1.807) is 30.5 Å². The maximum Gasteiger partial charge on any atom is 0.373 e. The first kappa shape index (κ1) is 99.1. The highest BCUT2D eigenvalue weighted by molar-refractivity contribution is 6.05. The summed E-state index contributed by atoms with van der Waals surface area (Å²) in [4.78, 5) is 284. The van der Waals surface area contributed by atoms with Crippen LogP contribution in [0.3, 0.4) is 0 Å². The molecule has 13 atom stereocenters. The lowest BCUT2D eigenvalue weighted by Gasteiger charge is -2.29. The number of aliphatic hydroxyl groups excluding tert-OH is 1. The summed E-state index contributed by atoms with van der Waals surface area (Å²) < 4.78 is 5.78. The number of cyclic esters (lactones) is 1. The van der Waals surface area contributed by atoms with Gasteiger partial charge in [0.1, 0.15) is 42.4 Å². The molecule has 0 radical (unpaired) electrons. The second-order valence-corrected chi connectivity index (χ2v) is 28.4. The van der Waals surface area contributed by atoms with Gasteiger partial charge in [0.25, 0.3) is 0 Å². The number of H-pyrrole nitrogens is 1. The zero-order chi connectivity index (χ0) is 88.6. The zero-order valence-electron chi connectivity index (χ0n) is 66.1. The Bertz CT molecular complexity index is 4310. The van der Waals surface area contributed by atoms with E-state index in [0.29, 0.717) is 35.2 Å². The number of hydrogen-bond acceptors (Lipinski definition) is 26. The number of aliphatic hydroxyl groups is 1. The van der Waals surface area contributed by atoms with E-state index in [2.05, 4.69) is 72.0 Å². The van der Waals surface area contributed by atoms with Gasteiger partial charge in [-0.15, -0.1) is 0 Å². The number of nitrogens with two attached hydrogens (primary N) is 3. The lowest BCUT2D eigenvalue weighted by Crippen LogP contribution is -2.58. The fourth-order valence-corrected chi connectivity index (χ4v) is 12.2. The lowest BCUT2D eigenvalue weighted by molar-refractivity contribution is -0.193. The van der Waals surface area contributed by atoms with Crippen molar-refractivity contribution in [2.75, 3.05) is 32.0 Å². The first-order valence-corrected chi connectivity index (χ1v) is 37.5. The topological polar surface area (TPSA) is 660 Å². The fraction of sp³-hybridized carbons (Fsp3) is 0.487. The number of nitrogens with one attached hydrogen (secondary N) is 11. The van der Waals surface area contributed by atoms with Gasteiger partial charge in [0.2, 0.25) is 65.0 Å². The molecule has 0 spiro atoms. The second-order valence-electron chi connectivity index (χ2n) is 28.4. The molecule has 0 unspecified atom stereocenters. The Kier molecular flexibility index (Phi) is 42.3. The molecule has 1 aliphatic heterocycles. The van der Waals surface area contributed by atoms with Gasteiger partial charge < -0.3 is 95.4 Å². The molecule has 20 N–H and O–H groups in total. The van der Waals surface area contributed by atoms with E-state index in [1.807, 2.05) is 24.3 Å². The van der Waals surface area contributed by atoms with Gasteiger partial charge in [-0.1, -0.05) is 89.2 Å². The number of aromatic nitrogens is 1. The third kappa shape index (κ3) is 33.8. The van der Waals surface area contributed by atoms with Crippen molar-refractivity contribution in [2.45, 2.75) is 192 Å². The normalized spacial score (nSPS) is 20.7. The molecule has 40 nitrogen and oxygen atoms in total. The van der Waals surface area contributed by atoms with Crippen LogP contribution >= 0.6 is 0 Å². The zero-order valence-corrected chi connectivity index (χ0v) is 66.1. The van der Waals surface area contributed by atoms with Crippen molar-refractivity contribution in [3.05, 3.63) is 101 Å². The van der Waals surface area contributed by atoms with Crippen molar-refractivity contribution in [2.24, 2.45) is 35.1 Å². The smallest absolute Gasteiger partial charge is 0.373 e. The number of primary amides is 1. The summed E-state index contributed by atoms with van der Waals surface area (Å²) in [5.74, 6) is -26.0. The molecular weight excluding hydrogens is 1550 g/mol. The number of aliphatic carboxylic acids is 2. The minimum Gasteiger partial charge on any atom is -0.481 e. The number of carboxylic acids is 2. The molecule has 0 saturated carbocycles. The number of aromatic amines is 1. The first-order chi connectivity index (χ1) is 55.7. The Morgan fingerprint density at radius 1 is 0.619 bits per heavy atom. The maximum absolute atomic E-state index is 14.8. The van der Waals surface area contributed by atoms with Gasteiger partial charge in [0.05, 0.1) is 44.6 Å². The molecule has 5 rings (SSSR count). The number of nitrogen functional groups attached to an aromatic ring is 1. The Balaban J connectivity index is 0.00000581. The molecule has 0 bridgehead atoms. The van der Waals surface area contributed by atoms with Crippen molar-refractivity contribution >= 4 is 135 Å². The van der Waals surface area contributed by atoms with E-state index in [0.717, 1.165) is 18.1 Å². The van der Waals surface area contributed by atoms with Crippen molar-refractivity contribution in [1.29, 1.82) is 0 Å². The minimum atomic E-state index is -2.17. The van der Waals surface area contributed by atoms with Gasteiger partial charge in [0, 0.05) is 91.1 Å². The molecule has 118 heavy (non-hydrogen) atoms. The average Bonchev–Trinajstić information content (AvgIpc) is 1.65. The van der Waals surface area contributed by atoms with E-state index < -0.39 is 249 Å². The number of amides is 11. The number of esters is 1. The number of Topliss-reactive ketones (excluding diaryl/α,β-unsaturated/α-hetero) is 4. The molecule has 11 amide bonds. The van der Waals surface area contributed by atoms with Gasteiger partial charge >= 0.3 is 30.2 Å². The number of benzene rings is 3. The number of anilines is 1. The minimum absolute atomic E-state index is 0.0122. The molecule has 2 heterocycles. The molecule has 1 saturated heterocycles. The van der Waals surface area contributed by atoms with Crippen molar-refractivity contribution in [1.82, 2.24) is 58.2 Å². The Labute approximate surface area is 676 Å². The summed E-state index contributed by atoms with van der Waals surface area (Å²) in [6, 6.07) is 6.33. The van der Waals surface area contributed by atoms with Crippen LogP contribution in [0.2, 0.25) is 0 Å². The number of para-hydroxylation sites is 2. The number of carbonyl (C=O) groups excluding carboxylic acids is 20. The number of rotatable bonds is 29. The summed E-state index contributed by atoms with van der Waals surface area (Å²) in [6.45, 7) is 6.77. The van der Waals surface area contributed by atoms with E-state index in [4.69, 9.17) is 41.1 Å². The highest BCUT2D eigenvalue weighted by Gasteiger charge is 2.40. The van der Waals surface area contributed by atoms with Crippen LogP contribution in [0.25, 0.3) is 10.9 Å². The fourth-order valence-electron chi connectivity index (χ4n) is 12.2. The number of fused-ring (bicyclic) bond motifs is 1. The van der Waals surface area contributed by atoms with Gasteiger partial charge in [-0.25, -0.2) is 4.79 Å².